The van der Waals surface area contributed by atoms with Crippen LogP contribution in [0.2, 0.25) is 0 Å². The average Bonchev–Trinajstić information content (AvgIpc) is 3.15. The minimum atomic E-state index is -3.61. The van der Waals surface area contributed by atoms with Gasteiger partial charge >= 0.3 is 0 Å². The van der Waals surface area contributed by atoms with Crippen molar-refractivity contribution in [2.45, 2.75) is 38.3 Å². The molecule has 3 N–H and O–H groups in total. The Kier molecular flexibility index (Phi) is 7.09. The lowest BCUT2D eigenvalue weighted by atomic mass is 9.97. The van der Waals surface area contributed by atoms with Crippen molar-refractivity contribution in [2.24, 2.45) is 0 Å². The van der Waals surface area contributed by atoms with Crippen LogP contribution in [0.1, 0.15) is 35.7 Å². The van der Waals surface area contributed by atoms with Crippen LogP contribution in [0.25, 0.3) is 11.1 Å². The lowest BCUT2D eigenvalue weighted by Gasteiger charge is -2.27. The number of nitrogens with one attached hydrogen (secondary N) is 2. The van der Waals surface area contributed by atoms with E-state index in [1.54, 1.807) is 17.6 Å². The van der Waals surface area contributed by atoms with Gasteiger partial charge in [0, 0.05) is 12.1 Å². The number of nitrogens with zero attached hydrogens (tertiary/aromatic N) is 1. The smallest absolute Gasteiger partial charge is 0.267 e. The molecule has 8 nitrogen and oxygen atoms in total. The van der Waals surface area contributed by atoms with Crippen molar-refractivity contribution in [3.05, 3.63) is 59.7 Å². The summed E-state index contributed by atoms with van der Waals surface area (Å²) in [5.74, 6) is -1.24. The summed E-state index contributed by atoms with van der Waals surface area (Å²) in [6.07, 6.45) is 3.26. The molecule has 0 unspecified atom stereocenters. The fourth-order valence-electron chi connectivity index (χ4n) is 4.02. The molecule has 9 heteroatoms. The Morgan fingerprint density at radius 3 is 2.42 bits per heavy atom. The average molecular weight is 446 g/mol. The molecule has 0 radical (unpaired) electrons. The number of hydrogen-bond acceptors (Lipinski definition) is 5. The summed E-state index contributed by atoms with van der Waals surface area (Å²) >= 11 is 0. The zero-order valence-electron chi connectivity index (χ0n) is 17.5. The summed E-state index contributed by atoms with van der Waals surface area (Å²) < 4.78 is 25.8. The first-order valence-corrected chi connectivity index (χ1v) is 12.0. The second-order valence-corrected chi connectivity index (χ2v) is 9.48. The van der Waals surface area contributed by atoms with E-state index in [0.717, 1.165) is 30.2 Å². The van der Waals surface area contributed by atoms with E-state index in [2.05, 4.69) is 11.6 Å². The predicted octanol–water partition coefficient (Wildman–Crippen LogP) is 1.94. The molecule has 0 saturated carbocycles. The van der Waals surface area contributed by atoms with E-state index < -0.39 is 33.9 Å². The molecule has 1 aliphatic rings. The number of hydroxylamine groups is 1. The molecule has 2 amide bonds. The fraction of sp³-hybridized carbons (Fsp3) is 0.364. The van der Waals surface area contributed by atoms with Crippen LogP contribution in [-0.2, 0) is 21.2 Å². The topological polar surface area (TPSA) is 116 Å². The van der Waals surface area contributed by atoms with E-state index in [1.165, 1.54) is 10.5 Å². The Labute approximate surface area is 182 Å². The van der Waals surface area contributed by atoms with E-state index in [4.69, 9.17) is 5.21 Å². The van der Waals surface area contributed by atoms with Gasteiger partial charge in [-0.2, -0.15) is 0 Å². The van der Waals surface area contributed by atoms with Crippen LogP contribution in [0, 0.1) is 0 Å². The first-order chi connectivity index (χ1) is 14.7. The second-order valence-electron chi connectivity index (χ2n) is 7.70. The summed E-state index contributed by atoms with van der Waals surface area (Å²) in [5, 5.41) is 9.17. The molecule has 1 fully saturated rings. The molecule has 3 rings (SSSR count). The maximum Gasteiger partial charge on any atom is 0.267 e. The van der Waals surface area contributed by atoms with Gasteiger partial charge in [-0.05, 0) is 35.6 Å². The minimum absolute atomic E-state index is 0.174. The molecule has 2 aromatic carbocycles. The second kappa shape index (κ2) is 9.59. The number of carbonyl (C=O) groups excluding carboxylic acids is 2. The standard InChI is InChI=1S/C22H27N3O5S/c1-3-6-15-9-11-16(12-10-15)17-7-4-5-8-18(17)22(27)25-14-13-19(24-31(2,29)30)20(25)21(26)23-28/h4-5,7-12,19-20,24,28H,3,6,13-14H2,1-2H3,(H,23,26)/t19-,20-/m0/s1. The van der Waals surface area contributed by atoms with Gasteiger partial charge in [-0.15, -0.1) is 0 Å². The van der Waals surface area contributed by atoms with Crippen LogP contribution in [0.3, 0.4) is 0 Å². The van der Waals surface area contributed by atoms with Crippen LogP contribution in [-0.4, -0.2) is 55.2 Å². The van der Waals surface area contributed by atoms with Crippen molar-refractivity contribution in [2.75, 3.05) is 12.8 Å². The maximum atomic E-state index is 13.4. The predicted molar refractivity (Wildman–Crippen MR) is 117 cm³/mol. The number of hydrogen-bond donors (Lipinski definition) is 3. The number of rotatable bonds is 7. The number of carbonyl (C=O) groups is 2. The highest BCUT2D eigenvalue weighted by molar-refractivity contribution is 7.88. The van der Waals surface area contributed by atoms with Gasteiger partial charge in [0.2, 0.25) is 10.0 Å². The molecule has 2 aromatic rings. The van der Waals surface area contributed by atoms with E-state index in [-0.39, 0.29) is 13.0 Å². The number of amides is 2. The van der Waals surface area contributed by atoms with Crippen LogP contribution in [0.4, 0.5) is 0 Å². The molecule has 2 atom stereocenters. The van der Waals surface area contributed by atoms with E-state index >= 15 is 0 Å². The Bertz CT molecular complexity index is 1050. The van der Waals surface area contributed by atoms with Gasteiger partial charge in [-0.1, -0.05) is 55.8 Å². The molecular formula is C22H27N3O5S. The molecule has 0 bridgehead atoms. The van der Waals surface area contributed by atoms with Crippen LogP contribution >= 0.6 is 0 Å². The summed E-state index contributed by atoms with van der Waals surface area (Å²) in [6, 6.07) is 13.1. The lowest BCUT2D eigenvalue weighted by molar-refractivity contribution is -0.133. The van der Waals surface area contributed by atoms with Gasteiger partial charge in [0.1, 0.15) is 6.04 Å². The largest absolute Gasteiger partial charge is 0.325 e. The molecular weight excluding hydrogens is 418 g/mol. The zero-order chi connectivity index (χ0) is 22.6. The molecule has 1 saturated heterocycles. The Balaban J connectivity index is 1.94. The van der Waals surface area contributed by atoms with Gasteiger partial charge in [-0.3, -0.25) is 14.8 Å². The number of sulfonamides is 1. The molecule has 1 heterocycles. The monoisotopic (exact) mass is 445 g/mol. The molecule has 0 spiro atoms. The quantitative estimate of drug-likeness (QED) is 0.445. The van der Waals surface area contributed by atoms with Crippen LogP contribution in [0.15, 0.2) is 48.5 Å². The van der Waals surface area contributed by atoms with Crippen molar-refractivity contribution >= 4 is 21.8 Å². The highest BCUT2D eigenvalue weighted by atomic mass is 32.2. The third-order valence-electron chi connectivity index (χ3n) is 5.36. The summed E-state index contributed by atoms with van der Waals surface area (Å²) in [4.78, 5) is 27.1. The van der Waals surface area contributed by atoms with Crippen molar-refractivity contribution in [1.29, 1.82) is 0 Å². The third kappa shape index (κ3) is 5.30. The summed E-state index contributed by atoms with van der Waals surface area (Å²) in [6.45, 7) is 2.29. The number of aryl methyl sites for hydroxylation is 1. The van der Waals surface area contributed by atoms with Crippen LogP contribution < -0.4 is 10.2 Å². The number of benzene rings is 2. The van der Waals surface area contributed by atoms with E-state index in [9.17, 15) is 18.0 Å². The first-order valence-electron chi connectivity index (χ1n) is 10.2. The third-order valence-corrected chi connectivity index (χ3v) is 6.10. The Morgan fingerprint density at radius 2 is 1.81 bits per heavy atom. The first kappa shape index (κ1) is 22.9. The maximum absolute atomic E-state index is 13.4. The number of likely N-dealkylation sites (tertiary alicyclic amines) is 1. The van der Waals surface area contributed by atoms with Gasteiger partial charge in [0.05, 0.1) is 12.3 Å². The van der Waals surface area contributed by atoms with E-state index in [1.807, 2.05) is 36.4 Å². The molecule has 1 aliphatic heterocycles. The van der Waals surface area contributed by atoms with Crippen molar-refractivity contribution < 1.29 is 23.2 Å². The van der Waals surface area contributed by atoms with Crippen molar-refractivity contribution in [3.8, 4) is 11.1 Å². The Morgan fingerprint density at radius 1 is 1.13 bits per heavy atom. The van der Waals surface area contributed by atoms with Crippen LogP contribution in [0.5, 0.6) is 0 Å². The van der Waals surface area contributed by atoms with Crippen molar-refractivity contribution in [1.82, 2.24) is 15.1 Å². The molecule has 166 valence electrons. The minimum Gasteiger partial charge on any atom is -0.325 e. The zero-order valence-corrected chi connectivity index (χ0v) is 18.4. The van der Waals surface area contributed by atoms with Gasteiger partial charge in [0.25, 0.3) is 11.8 Å². The highest BCUT2D eigenvalue weighted by Crippen LogP contribution is 2.28. The van der Waals surface area contributed by atoms with Gasteiger partial charge in [-0.25, -0.2) is 18.6 Å². The SMILES string of the molecule is CCCc1ccc(-c2ccccc2C(=O)N2CC[C@H](NS(C)(=O)=O)[C@H]2C(=O)NO)cc1. The van der Waals surface area contributed by atoms with Crippen molar-refractivity contribution in [3.63, 3.8) is 0 Å². The van der Waals surface area contributed by atoms with Gasteiger partial charge in [0.15, 0.2) is 0 Å². The molecule has 31 heavy (non-hydrogen) atoms. The highest BCUT2D eigenvalue weighted by Gasteiger charge is 2.43. The normalized spacial score (nSPS) is 18.7. The van der Waals surface area contributed by atoms with Gasteiger partial charge < -0.3 is 4.90 Å². The summed E-state index contributed by atoms with van der Waals surface area (Å²) in [5.41, 5.74) is 4.76. The molecule has 0 aromatic heterocycles. The fourth-order valence-corrected chi connectivity index (χ4v) is 4.82. The van der Waals surface area contributed by atoms with E-state index in [0.29, 0.717) is 5.56 Å². The Hall–Kier alpha value is -2.75. The summed E-state index contributed by atoms with van der Waals surface area (Å²) in [7, 11) is -3.61. The lowest BCUT2D eigenvalue weighted by Crippen LogP contribution is -2.54. The molecule has 0 aliphatic carbocycles.